The number of aromatic nitrogens is 2. The fourth-order valence-corrected chi connectivity index (χ4v) is 2.58. The van der Waals surface area contributed by atoms with Crippen molar-refractivity contribution in [3.63, 3.8) is 0 Å². The summed E-state index contributed by atoms with van der Waals surface area (Å²) in [6.45, 7) is 9.91. The molecule has 0 saturated carbocycles. The standard InChI is InChI=1S/C14H23BN2O3/c1-13(2)14(3,4)20-15(19-13)11-8-16-17(9-11)10-12-6-5-7-18-12/h8-9,12H,5-7,10H2,1-4H3. The van der Waals surface area contributed by atoms with Gasteiger partial charge in [-0.15, -0.1) is 0 Å². The summed E-state index contributed by atoms with van der Waals surface area (Å²) in [6, 6.07) is 0. The van der Waals surface area contributed by atoms with E-state index in [0.717, 1.165) is 31.5 Å². The molecule has 6 heteroatoms. The van der Waals surface area contributed by atoms with Crippen LogP contribution in [0.5, 0.6) is 0 Å². The third kappa shape index (κ3) is 2.52. The fourth-order valence-electron chi connectivity index (χ4n) is 2.58. The molecular formula is C14H23BN2O3. The van der Waals surface area contributed by atoms with Gasteiger partial charge in [0.15, 0.2) is 0 Å². The number of hydrogen-bond donors (Lipinski definition) is 0. The number of hydrogen-bond acceptors (Lipinski definition) is 4. The van der Waals surface area contributed by atoms with Crippen molar-refractivity contribution in [1.29, 1.82) is 0 Å². The van der Waals surface area contributed by atoms with Crippen LogP contribution >= 0.6 is 0 Å². The molecule has 0 aromatic carbocycles. The summed E-state index contributed by atoms with van der Waals surface area (Å²) in [7, 11) is -0.335. The van der Waals surface area contributed by atoms with Crippen LogP contribution < -0.4 is 5.46 Å². The van der Waals surface area contributed by atoms with Crippen LogP contribution in [-0.2, 0) is 20.6 Å². The SMILES string of the molecule is CC1(C)OB(c2cnn(CC3CCCO3)c2)OC1(C)C. The van der Waals surface area contributed by atoms with Gasteiger partial charge in [-0.05, 0) is 40.5 Å². The minimum atomic E-state index is -0.335. The van der Waals surface area contributed by atoms with Gasteiger partial charge < -0.3 is 14.0 Å². The van der Waals surface area contributed by atoms with E-state index >= 15 is 0 Å². The first-order valence-corrected chi connectivity index (χ1v) is 7.37. The monoisotopic (exact) mass is 278 g/mol. The van der Waals surface area contributed by atoms with Crippen LogP contribution in [-0.4, -0.2) is 40.8 Å². The van der Waals surface area contributed by atoms with E-state index in [9.17, 15) is 0 Å². The minimum absolute atomic E-state index is 0.293. The van der Waals surface area contributed by atoms with Gasteiger partial charge in [-0.25, -0.2) is 0 Å². The molecule has 1 atom stereocenters. The number of ether oxygens (including phenoxy) is 1. The zero-order valence-corrected chi connectivity index (χ0v) is 12.8. The molecule has 3 heterocycles. The Morgan fingerprint density at radius 1 is 1.30 bits per heavy atom. The van der Waals surface area contributed by atoms with Crippen LogP contribution in [0.15, 0.2) is 12.4 Å². The average Bonchev–Trinajstić information content (AvgIpc) is 3.02. The number of nitrogens with zero attached hydrogens (tertiary/aromatic N) is 2. The van der Waals surface area contributed by atoms with Crippen LogP contribution in [0, 0.1) is 0 Å². The van der Waals surface area contributed by atoms with Gasteiger partial charge in [-0.1, -0.05) is 0 Å². The Balaban J connectivity index is 1.68. The molecule has 1 aromatic heterocycles. The second-order valence-electron chi connectivity index (χ2n) is 6.72. The molecule has 20 heavy (non-hydrogen) atoms. The van der Waals surface area contributed by atoms with Crippen molar-refractivity contribution in [2.45, 2.75) is 64.4 Å². The van der Waals surface area contributed by atoms with Gasteiger partial charge >= 0.3 is 7.12 Å². The molecule has 5 nitrogen and oxygen atoms in total. The lowest BCUT2D eigenvalue weighted by Crippen LogP contribution is -2.41. The van der Waals surface area contributed by atoms with Gasteiger partial charge in [0.05, 0.1) is 23.9 Å². The lowest BCUT2D eigenvalue weighted by Gasteiger charge is -2.32. The Labute approximate surface area is 120 Å². The maximum absolute atomic E-state index is 6.03. The molecule has 0 amide bonds. The Morgan fingerprint density at radius 2 is 2.00 bits per heavy atom. The zero-order valence-electron chi connectivity index (χ0n) is 12.8. The van der Waals surface area contributed by atoms with Gasteiger partial charge in [0.25, 0.3) is 0 Å². The Kier molecular flexibility index (Phi) is 3.43. The fraction of sp³-hybridized carbons (Fsp3) is 0.786. The number of rotatable bonds is 3. The largest absolute Gasteiger partial charge is 0.498 e. The highest BCUT2D eigenvalue weighted by molar-refractivity contribution is 6.61. The highest BCUT2D eigenvalue weighted by atomic mass is 16.7. The normalized spacial score (nSPS) is 28.2. The van der Waals surface area contributed by atoms with E-state index in [1.807, 2.05) is 17.1 Å². The second-order valence-corrected chi connectivity index (χ2v) is 6.72. The Morgan fingerprint density at radius 3 is 2.60 bits per heavy atom. The summed E-state index contributed by atoms with van der Waals surface area (Å²) in [5, 5.41) is 4.40. The molecule has 2 saturated heterocycles. The topological polar surface area (TPSA) is 45.5 Å². The molecule has 1 unspecified atom stereocenters. The second kappa shape index (κ2) is 4.86. The third-order valence-corrected chi connectivity index (χ3v) is 4.59. The Bertz CT molecular complexity index is 465. The third-order valence-electron chi connectivity index (χ3n) is 4.59. The molecule has 0 radical (unpaired) electrons. The maximum atomic E-state index is 6.03. The quantitative estimate of drug-likeness (QED) is 0.783. The molecule has 2 fully saturated rings. The molecule has 0 N–H and O–H groups in total. The van der Waals surface area contributed by atoms with Gasteiger partial charge in [-0.3, -0.25) is 4.68 Å². The van der Waals surface area contributed by atoms with Crippen LogP contribution in [0.2, 0.25) is 0 Å². The summed E-state index contributed by atoms with van der Waals surface area (Å²) >= 11 is 0. The lowest BCUT2D eigenvalue weighted by atomic mass is 9.82. The predicted octanol–water partition coefficient (Wildman–Crippen LogP) is 1.36. The molecule has 2 aliphatic heterocycles. The van der Waals surface area contributed by atoms with Gasteiger partial charge in [0.2, 0.25) is 0 Å². The van der Waals surface area contributed by atoms with E-state index < -0.39 is 0 Å². The highest BCUT2D eigenvalue weighted by Crippen LogP contribution is 2.36. The van der Waals surface area contributed by atoms with Crippen molar-refractivity contribution in [1.82, 2.24) is 9.78 Å². The van der Waals surface area contributed by atoms with Crippen molar-refractivity contribution in [3.8, 4) is 0 Å². The molecule has 0 spiro atoms. The van der Waals surface area contributed by atoms with Crippen LogP contribution in [0.4, 0.5) is 0 Å². The highest BCUT2D eigenvalue weighted by Gasteiger charge is 2.52. The van der Waals surface area contributed by atoms with Gasteiger partial charge in [0.1, 0.15) is 0 Å². The molecule has 2 aliphatic rings. The molecular weight excluding hydrogens is 255 g/mol. The smallest absolute Gasteiger partial charge is 0.399 e. The summed E-state index contributed by atoms with van der Waals surface area (Å²) in [5.41, 5.74) is 0.351. The average molecular weight is 278 g/mol. The van der Waals surface area contributed by atoms with E-state index in [1.165, 1.54) is 0 Å². The maximum Gasteiger partial charge on any atom is 0.498 e. The molecule has 110 valence electrons. The zero-order chi connectivity index (χ0) is 14.4. The Hall–Kier alpha value is -0.845. The first kappa shape index (κ1) is 14.1. The predicted molar refractivity (Wildman–Crippen MR) is 76.9 cm³/mol. The minimum Gasteiger partial charge on any atom is -0.399 e. The van der Waals surface area contributed by atoms with Crippen molar-refractivity contribution < 1.29 is 14.0 Å². The van der Waals surface area contributed by atoms with Gasteiger partial charge in [-0.2, -0.15) is 5.10 Å². The molecule has 0 aliphatic carbocycles. The van der Waals surface area contributed by atoms with E-state index in [0.29, 0.717) is 6.10 Å². The van der Waals surface area contributed by atoms with Crippen LogP contribution in [0.25, 0.3) is 0 Å². The van der Waals surface area contributed by atoms with E-state index in [1.54, 1.807) is 0 Å². The lowest BCUT2D eigenvalue weighted by molar-refractivity contribution is 0.00578. The molecule has 1 aromatic rings. The summed E-state index contributed by atoms with van der Waals surface area (Å²) in [6.07, 6.45) is 6.39. The molecule has 3 rings (SSSR count). The van der Waals surface area contributed by atoms with Crippen molar-refractivity contribution in [2.24, 2.45) is 0 Å². The van der Waals surface area contributed by atoms with Crippen LogP contribution in [0.1, 0.15) is 40.5 Å². The van der Waals surface area contributed by atoms with Crippen molar-refractivity contribution >= 4 is 12.6 Å². The summed E-state index contributed by atoms with van der Waals surface area (Å²) < 4.78 is 19.6. The van der Waals surface area contributed by atoms with E-state index in [2.05, 4.69) is 32.8 Å². The molecule has 0 bridgehead atoms. The summed E-state index contributed by atoms with van der Waals surface area (Å²) in [4.78, 5) is 0. The van der Waals surface area contributed by atoms with E-state index in [4.69, 9.17) is 14.0 Å². The van der Waals surface area contributed by atoms with Crippen molar-refractivity contribution in [3.05, 3.63) is 12.4 Å². The first-order valence-electron chi connectivity index (χ1n) is 7.37. The van der Waals surface area contributed by atoms with E-state index in [-0.39, 0.29) is 18.3 Å². The summed E-state index contributed by atoms with van der Waals surface area (Å²) in [5.74, 6) is 0. The van der Waals surface area contributed by atoms with Crippen molar-refractivity contribution in [2.75, 3.05) is 6.61 Å². The first-order chi connectivity index (χ1) is 9.37. The van der Waals surface area contributed by atoms with Gasteiger partial charge in [0, 0.05) is 24.5 Å². The van der Waals surface area contributed by atoms with Crippen LogP contribution in [0.3, 0.4) is 0 Å².